The third-order valence-electron chi connectivity index (χ3n) is 3.88. The van der Waals surface area contributed by atoms with Crippen molar-refractivity contribution in [2.75, 3.05) is 0 Å². The topological polar surface area (TPSA) is 17.1 Å². The van der Waals surface area contributed by atoms with Crippen LogP contribution in [0.3, 0.4) is 0 Å². The van der Waals surface area contributed by atoms with Gasteiger partial charge in [-0.2, -0.15) is 0 Å². The molecule has 0 unspecified atom stereocenters. The molecule has 0 aromatic heterocycles. The molecule has 2 rings (SSSR count). The van der Waals surface area contributed by atoms with Crippen molar-refractivity contribution in [1.82, 2.24) is 0 Å². The first-order valence-corrected chi connectivity index (χ1v) is 7.11. The Kier molecular flexibility index (Phi) is 5.06. The first-order chi connectivity index (χ1) is 9.15. The number of Topliss-reactive ketones (excluding diaryl/α,β-unsaturated/α-hetero) is 1. The lowest BCUT2D eigenvalue weighted by molar-refractivity contribution is -0.119. The van der Waals surface area contributed by atoms with Gasteiger partial charge in [-0.05, 0) is 23.6 Å². The highest BCUT2D eigenvalue weighted by molar-refractivity contribution is 5.81. The van der Waals surface area contributed by atoms with Gasteiger partial charge in [0.1, 0.15) is 5.78 Å². The zero-order valence-electron chi connectivity index (χ0n) is 11.1. The molecule has 104 valence electrons. The van der Waals surface area contributed by atoms with Crippen molar-refractivity contribution in [3.8, 4) is 0 Å². The number of hydrogen-bond donors (Lipinski definition) is 0. The summed E-state index contributed by atoms with van der Waals surface area (Å²) < 4.78 is 25.8. The molecule has 0 aliphatic heterocycles. The van der Waals surface area contributed by atoms with Crippen molar-refractivity contribution in [2.45, 2.75) is 51.4 Å². The third kappa shape index (κ3) is 4.41. The van der Waals surface area contributed by atoms with Gasteiger partial charge in [-0.3, -0.25) is 4.79 Å². The average molecular weight is 266 g/mol. The van der Waals surface area contributed by atoms with E-state index in [2.05, 4.69) is 0 Å². The first kappa shape index (κ1) is 14.2. The van der Waals surface area contributed by atoms with Crippen LogP contribution in [-0.4, -0.2) is 5.78 Å². The maximum atomic E-state index is 13.1. The lowest BCUT2D eigenvalue weighted by Gasteiger charge is -2.12. The molecule has 1 aliphatic carbocycles. The zero-order valence-corrected chi connectivity index (χ0v) is 11.1. The van der Waals surface area contributed by atoms with Crippen molar-refractivity contribution in [1.29, 1.82) is 0 Å². The molecule has 0 N–H and O–H groups in total. The molecule has 0 radical (unpaired) electrons. The van der Waals surface area contributed by atoms with E-state index in [0.29, 0.717) is 17.9 Å². The Hall–Kier alpha value is -1.25. The van der Waals surface area contributed by atoms with Crippen molar-refractivity contribution in [2.24, 2.45) is 5.92 Å². The summed E-state index contributed by atoms with van der Waals surface area (Å²) in [4.78, 5) is 12.0. The quantitative estimate of drug-likeness (QED) is 0.736. The summed E-state index contributed by atoms with van der Waals surface area (Å²) in [6.07, 6.45) is 8.02. The van der Waals surface area contributed by atoms with E-state index < -0.39 is 11.6 Å². The van der Waals surface area contributed by atoms with E-state index in [-0.39, 0.29) is 12.2 Å². The summed E-state index contributed by atoms with van der Waals surface area (Å²) in [5.41, 5.74) is 0.567. The molecule has 0 saturated heterocycles. The largest absolute Gasteiger partial charge is 0.299 e. The van der Waals surface area contributed by atoms with Crippen LogP contribution in [-0.2, 0) is 11.2 Å². The van der Waals surface area contributed by atoms with Gasteiger partial charge in [0.25, 0.3) is 0 Å². The maximum absolute atomic E-state index is 13.1. The molecule has 0 spiro atoms. The Morgan fingerprint density at radius 3 is 2.37 bits per heavy atom. The van der Waals surface area contributed by atoms with E-state index in [1.165, 1.54) is 31.7 Å². The second kappa shape index (κ2) is 6.78. The summed E-state index contributed by atoms with van der Waals surface area (Å²) in [7, 11) is 0. The first-order valence-electron chi connectivity index (χ1n) is 7.11. The predicted molar refractivity (Wildman–Crippen MR) is 70.9 cm³/mol. The van der Waals surface area contributed by atoms with Gasteiger partial charge in [0, 0.05) is 12.8 Å². The van der Waals surface area contributed by atoms with Gasteiger partial charge < -0.3 is 0 Å². The van der Waals surface area contributed by atoms with Crippen LogP contribution in [0.5, 0.6) is 0 Å². The standard InChI is InChI=1S/C16H20F2O/c17-15-8-7-13(11-16(15)18)10-14(19)9-12-5-3-1-2-4-6-12/h7-8,11-12H,1-6,9-10H2. The fourth-order valence-corrected chi connectivity index (χ4v) is 2.84. The fourth-order valence-electron chi connectivity index (χ4n) is 2.84. The average Bonchev–Trinajstić information content (AvgIpc) is 2.62. The lowest BCUT2D eigenvalue weighted by atomic mass is 9.92. The molecule has 1 fully saturated rings. The van der Waals surface area contributed by atoms with Crippen molar-refractivity contribution in [3.63, 3.8) is 0 Å². The van der Waals surface area contributed by atoms with E-state index in [4.69, 9.17) is 0 Å². The van der Waals surface area contributed by atoms with Gasteiger partial charge in [-0.15, -0.1) is 0 Å². The highest BCUT2D eigenvalue weighted by Crippen LogP contribution is 2.26. The highest BCUT2D eigenvalue weighted by Gasteiger charge is 2.16. The minimum absolute atomic E-state index is 0.137. The van der Waals surface area contributed by atoms with Crippen molar-refractivity contribution >= 4 is 5.78 Å². The summed E-state index contributed by atoms with van der Waals surface area (Å²) in [6.45, 7) is 0. The second-order valence-corrected chi connectivity index (χ2v) is 5.53. The Morgan fingerprint density at radius 2 is 1.74 bits per heavy atom. The van der Waals surface area contributed by atoms with E-state index in [0.717, 1.165) is 25.0 Å². The van der Waals surface area contributed by atoms with Crippen LogP contribution in [0.25, 0.3) is 0 Å². The Labute approximate surface area is 113 Å². The zero-order chi connectivity index (χ0) is 13.7. The number of carbonyl (C=O) groups is 1. The molecule has 0 heterocycles. The third-order valence-corrected chi connectivity index (χ3v) is 3.88. The molecule has 1 aliphatic rings. The molecule has 1 saturated carbocycles. The van der Waals surface area contributed by atoms with Crippen LogP contribution in [0.1, 0.15) is 50.5 Å². The monoisotopic (exact) mass is 266 g/mol. The highest BCUT2D eigenvalue weighted by atomic mass is 19.2. The molecule has 1 nitrogen and oxygen atoms in total. The summed E-state index contributed by atoms with van der Waals surface area (Å²) in [6, 6.07) is 3.70. The van der Waals surface area contributed by atoms with Crippen LogP contribution in [0, 0.1) is 17.6 Å². The van der Waals surface area contributed by atoms with Crippen LogP contribution in [0.4, 0.5) is 8.78 Å². The number of halogens is 2. The number of ketones is 1. The predicted octanol–water partition coefficient (Wildman–Crippen LogP) is 4.44. The number of carbonyl (C=O) groups excluding carboxylic acids is 1. The molecule has 19 heavy (non-hydrogen) atoms. The summed E-state index contributed by atoms with van der Waals surface area (Å²) in [5.74, 6) is -1.11. The number of rotatable bonds is 4. The lowest BCUT2D eigenvalue weighted by Crippen LogP contribution is -2.10. The minimum atomic E-state index is -0.875. The Balaban J connectivity index is 1.87. The van der Waals surface area contributed by atoms with Gasteiger partial charge in [0.15, 0.2) is 11.6 Å². The maximum Gasteiger partial charge on any atom is 0.159 e. The molecule has 0 atom stereocenters. The van der Waals surface area contributed by atoms with E-state index >= 15 is 0 Å². The summed E-state index contributed by atoms with van der Waals surface area (Å²) >= 11 is 0. The molecule has 1 aromatic carbocycles. The van der Waals surface area contributed by atoms with Gasteiger partial charge in [0.2, 0.25) is 0 Å². The Bertz CT molecular complexity index is 434. The number of hydrogen-bond acceptors (Lipinski definition) is 1. The second-order valence-electron chi connectivity index (χ2n) is 5.53. The van der Waals surface area contributed by atoms with Gasteiger partial charge in [0.05, 0.1) is 0 Å². The molecule has 0 bridgehead atoms. The van der Waals surface area contributed by atoms with Crippen molar-refractivity contribution < 1.29 is 13.6 Å². The summed E-state index contributed by atoms with van der Waals surface area (Å²) in [5, 5.41) is 0. The molecule has 1 aromatic rings. The molecular formula is C16H20F2O. The molecule has 3 heteroatoms. The normalized spacial score (nSPS) is 17.2. The minimum Gasteiger partial charge on any atom is -0.299 e. The van der Waals surface area contributed by atoms with E-state index in [1.54, 1.807) is 0 Å². The molecular weight excluding hydrogens is 246 g/mol. The van der Waals surface area contributed by atoms with Crippen LogP contribution < -0.4 is 0 Å². The smallest absolute Gasteiger partial charge is 0.159 e. The van der Waals surface area contributed by atoms with Crippen molar-refractivity contribution in [3.05, 3.63) is 35.4 Å². The number of benzene rings is 1. The van der Waals surface area contributed by atoms with E-state index in [1.807, 2.05) is 0 Å². The van der Waals surface area contributed by atoms with Gasteiger partial charge in [-0.1, -0.05) is 44.6 Å². The molecule has 0 amide bonds. The Morgan fingerprint density at radius 1 is 1.05 bits per heavy atom. The van der Waals surface area contributed by atoms with Crippen LogP contribution in [0.15, 0.2) is 18.2 Å². The van der Waals surface area contributed by atoms with Crippen LogP contribution >= 0.6 is 0 Å². The SMILES string of the molecule is O=C(Cc1ccc(F)c(F)c1)CC1CCCCCC1. The van der Waals surface area contributed by atoms with Gasteiger partial charge >= 0.3 is 0 Å². The van der Waals surface area contributed by atoms with Gasteiger partial charge in [-0.25, -0.2) is 8.78 Å². The van der Waals surface area contributed by atoms with Crippen LogP contribution in [0.2, 0.25) is 0 Å². The fraction of sp³-hybridized carbons (Fsp3) is 0.562. The van der Waals surface area contributed by atoms with E-state index in [9.17, 15) is 13.6 Å².